The average Bonchev–Trinajstić information content (AvgIpc) is 2.08. The first-order valence-electron chi connectivity index (χ1n) is 3.24. The van der Waals surface area contributed by atoms with Crippen molar-refractivity contribution in [2.75, 3.05) is 0 Å². The number of carbonyl (C=O) groups excluding carboxylic acids is 1. The number of benzene rings is 1. The van der Waals surface area contributed by atoms with Gasteiger partial charge in [0.05, 0.1) is 5.56 Å². The molecule has 0 aliphatic carbocycles. The summed E-state index contributed by atoms with van der Waals surface area (Å²) in [5.74, 6) is -0.575. The lowest BCUT2D eigenvalue weighted by molar-refractivity contribution is 0.112. The molecule has 0 atom stereocenters. The van der Waals surface area contributed by atoms with Crippen LogP contribution in [-0.4, -0.2) is 16.5 Å². The van der Waals surface area contributed by atoms with E-state index in [1.807, 2.05) is 0 Å². The number of halogens is 1. The quantitative estimate of drug-likeness (QED) is 0.659. The van der Waals surface area contributed by atoms with Gasteiger partial charge in [-0.2, -0.15) is 0 Å². The first kappa shape index (κ1) is 8.87. The number of carbonyl (C=O) groups is 1. The smallest absolute Gasteiger partial charge is 0.153 e. The van der Waals surface area contributed by atoms with Gasteiger partial charge in [0.1, 0.15) is 16.5 Å². The third kappa shape index (κ3) is 1.23. The summed E-state index contributed by atoms with van der Waals surface area (Å²) in [5.41, 5.74) is 0.537. The summed E-state index contributed by atoms with van der Waals surface area (Å²) in [7, 11) is 0. The molecular formula is C8H7ClO3. The maximum atomic E-state index is 10.3. The number of hydrogen-bond acceptors (Lipinski definition) is 3. The second-order valence-electron chi connectivity index (χ2n) is 2.41. The molecule has 0 bridgehead atoms. The number of phenols is 2. The largest absolute Gasteiger partial charge is 0.506 e. The van der Waals surface area contributed by atoms with Crippen LogP contribution in [-0.2, 0) is 0 Å². The summed E-state index contributed by atoms with van der Waals surface area (Å²) in [6.45, 7) is 1.59. The Balaban J connectivity index is 3.49. The van der Waals surface area contributed by atoms with Crippen LogP contribution in [0.5, 0.6) is 11.5 Å². The number of aryl methyl sites for hydroxylation is 1. The Labute approximate surface area is 74.2 Å². The lowest BCUT2D eigenvalue weighted by Gasteiger charge is -2.05. The summed E-state index contributed by atoms with van der Waals surface area (Å²) in [6.07, 6.45) is 0.480. The third-order valence-electron chi connectivity index (χ3n) is 1.56. The van der Waals surface area contributed by atoms with Gasteiger partial charge in [-0.1, -0.05) is 11.6 Å². The molecule has 1 aromatic carbocycles. The normalized spacial score (nSPS) is 9.83. The summed E-state index contributed by atoms with van der Waals surface area (Å²) in [4.78, 5) is 10.3. The Bertz CT molecular complexity index is 334. The zero-order valence-electron chi connectivity index (χ0n) is 6.34. The van der Waals surface area contributed by atoms with Crippen molar-refractivity contribution in [2.45, 2.75) is 6.92 Å². The lowest BCUT2D eigenvalue weighted by Crippen LogP contribution is -1.85. The molecule has 0 aromatic heterocycles. The number of aldehydes is 1. The predicted octanol–water partition coefficient (Wildman–Crippen LogP) is 1.87. The van der Waals surface area contributed by atoms with Crippen LogP contribution in [0.15, 0.2) is 6.07 Å². The molecule has 12 heavy (non-hydrogen) atoms. The van der Waals surface area contributed by atoms with Gasteiger partial charge in [-0.25, -0.2) is 0 Å². The Kier molecular flexibility index (Phi) is 2.24. The monoisotopic (exact) mass is 186 g/mol. The second-order valence-corrected chi connectivity index (χ2v) is 2.79. The van der Waals surface area contributed by atoms with Gasteiger partial charge in [0.2, 0.25) is 0 Å². The first-order chi connectivity index (χ1) is 5.57. The molecule has 1 aromatic rings. The van der Waals surface area contributed by atoms with Crippen LogP contribution >= 0.6 is 11.6 Å². The molecule has 0 amide bonds. The topological polar surface area (TPSA) is 57.5 Å². The van der Waals surface area contributed by atoms with Gasteiger partial charge in [-0.3, -0.25) is 4.79 Å². The maximum absolute atomic E-state index is 10.3. The zero-order valence-corrected chi connectivity index (χ0v) is 7.09. The minimum Gasteiger partial charge on any atom is -0.506 e. The fourth-order valence-corrected chi connectivity index (χ4v) is 1.13. The molecule has 0 heterocycles. The van der Waals surface area contributed by atoms with Crippen molar-refractivity contribution in [2.24, 2.45) is 0 Å². The first-order valence-corrected chi connectivity index (χ1v) is 3.62. The van der Waals surface area contributed by atoms with Gasteiger partial charge in [-0.05, 0) is 18.6 Å². The van der Waals surface area contributed by atoms with Gasteiger partial charge in [0.25, 0.3) is 0 Å². The van der Waals surface area contributed by atoms with Crippen LogP contribution in [0.1, 0.15) is 15.9 Å². The summed E-state index contributed by atoms with van der Waals surface area (Å²) in [5, 5.41) is 18.2. The molecule has 0 radical (unpaired) electrons. The molecule has 0 saturated carbocycles. The highest BCUT2D eigenvalue weighted by Crippen LogP contribution is 2.37. The predicted molar refractivity (Wildman–Crippen MR) is 44.9 cm³/mol. The minimum absolute atomic E-state index is 0.0790. The van der Waals surface area contributed by atoms with Gasteiger partial charge in [0, 0.05) is 0 Å². The van der Waals surface area contributed by atoms with E-state index in [2.05, 4.69) is 0 Å². The van der Waals surface area contributed by atoms with E-state index in [9.17, 15) is 15.0 Å². The molecule has 0 unspecified atom stereocenters. The van der Waals surface area contributed by atoms with Crippen LogP contribution in [0.3, 0.4) is 0 Å². The average molecular weight is 187 g/mol. The molecule has 0 saturated heterocycles. The highest BCUT2D eigenvalue weighted by Gasteiger charge is 2.12. The minimum atomic E-state index is -0.380. The molecule has 4 heteroatoms. The number of hydrogen-bond donors (Lipinski definition) is 2. The molecule has 0 spiro atoms. The van der Waals surface area contributed by atoms with Crippen molar-refractivity contribution in [1.29, 1.82) is 0 Å². The summed E-state index contributed by atoms with van der Waals surface area (Å²) in [6, 6.07) is 1.36. The third-order valence-corrected chi connectivity index (χ3v) is 1.92. The second kappa shape index (κ2) is 3.03. The standard InChI is InChI=1S/C8H7ClO3/c1-4-2-5(3-10)8(12)6(9)7(4)11/h2-3,11-12H,1H3. The fraction of sp³-hybridized carbons (Fsp3) is 0.125. The number of aromatic hydroxyl groups is 2. The van der Waals surface area contributed by atoms with Crippen molar-refractivity contribution in [1.82, 2.24) is 0 Å². The molecular weight excluding hydrogens is 180 g/mol. The Morgan fingerprint density at radius 2 is 2.00 bits per heavy atom. The molecule has 2 N–H and O–H groups in total. The Morgan fingerprint density at radius 1 is 1.42 bits per heavy atom. The van der Waals surface area contributed by atoms with Crippen molar-refractivity contribution in [3.05, 3.63) is 22.2 Å². The van der Waals surface area contributed by atoms with Crippen molar-refractivity contribution in [3.8, 4) is 11.5 Å². The van der Waals surface area contributed by atoms with Crippen molar-refractivity contribution < 1.29 is 15.0 Å². The lowest BCUT2D eigenvalue weighted by atomic mass is 10.1. The van der Waals surface area contributed by atoms with E-state index in [1.54, 1.807) is 6.92 Å². The highest BCUT2D eigenvalue weighted by atomic mass is 35.5. The van der Waals surface area contributed by atoms with Crippen LogP contribution < -0.4 is 0 Å². The number of rotatable bonds is 1. The molecule has 0 fully saturated rings. The summed E-state index contributed by atoms with van der Waals surface area (Å²) < 4.78 is 0. The van der Waals surface area contributed by atoms with E-state index in [-0.39, 0.29) is 22.1 Å². The van der Waals surface area contributed by atoms with E-state index in [0.717, 1.165) is 0 Å². The summed E-state index contributed by atoms with van der Waals surface area (Å²) >= 11 is 5.51. The van der Waals surface area contributed by atoms with Crippen LogP contribution in [0.2, 0.25) is 5.02 Å². The Morgan fingerprint density at radius 3 is 2.50 bits per heavy atom. The highest BCUT2D eigenvalue weighted by molar-refractivity contribution is 6.34. The fourth-order valence-electron chi connectivity index (χ4n) is 0.872. The van der Waals surface area contributed by atoms with E-state index >= 15 is 0 Å². The van der Waals surface area contributed by atoms with E-state index in [4.69, 9.17) is 11.6 Å². The molecule has 1 rings (SSSR count). The SMILES string of the molecule is Cc1cc(C=O)c(O)c(Cl)c1O. The van der Waals surface area contributed by atoms with E-state index in [0.29, 0.717) is 11.8 Å². The molecule has 64 valence electrons. The van der Waals surface area contributed by atoms with Crippen molar-refractivity contribution >= 4 is 17.9 Å². The number of phenolic OH excluding ortho intramolecular Hbond substituents is 2. The van der Waals surface area contributed by atoms with Gasteiger partial charge < -0.3 is 10.2 Å². The van der Waals surface area contributed by atoms with E-state index < -0.39 is 0 Å². The van der Waals surface area contributed by atoms with Gasteiger partial charge >= 0.3 is 0 Å². The van der Waals surface area contributed by atoms with Crippen LogP contribution in [0, 0.1) is 6.92 Å². The molecule has 3 nitrogen and oxygen atoms in total. The van der Waals surface area contributed by atoms with Crippen LogP contribution in [0.25, 0.3) is 0 Å². The zero-order chi connectivity index (χ0) is 9.30. The van der Waals surface area contributed by atoms with Crippen molar-refractivity contribution in [3.63, 3.8) is 0 Å². The molecule has 0 aliphatic heterocycles. The molecule has 0 aliphatic rings. The maximum Gasteiger partial charge on any atom is 0.153 e. The van der Waals surface area contributed by atoms with E-state index in [1.165, 1.54) is 6.07 Å². The van der Waals surface area contributed by atoms with Gasteiger partial charge in [-0.15, -0.1) is 0 Å². The Hall–Kier alpha value is -1.22. The van der Waals surface area contributed by atoms with Crippen LogP contribution in [0.4, 0.5) is 0 Å². The van der Waals surface area contributed by atoms with Gasteiger partial charge in [0.15, 0.2) is 6.29 Å².